The van der Waals surface area contributed by atoms with Crippen LogP contribution in [0, 0.1) is 0 Å². The van der Waals surface area contributed by atoms with E-state index in [1.807, 2.05) is 0 Å². The minimum absolute atomic E-state index is 0.0293. The molecule has 12 heteroatoms. The lowest BCUT2D eigenvalue weighted by Crippen LogP contribution is -2.49. The van der Waals surface area contributed by atoms with Crippen LogP contribution < -0.4 is 5.32 Å². The number of esters is 1. The fourth-order valence-corrected chi connectivity index (χ4v) is 2.64. The molecule has 1 aliphatic rings. The number of aromatic nitrogens is 2. The lowest BCUT2D eigenvalue weighted by molar-refractivity contribution is -0.159. The van der Waals surface area contributed by atoms with Crippen LogP contribution in [0.2, 0.25) is 0 Å². The van der Waals surface area contributed by atoms with Crippen molar-refractivity contribution in [2.45, 2.75) is 38.0 Å². The van der Waals surface area contributed by atoms with Crippen molar-refractivity contribution in [3.63, 3.8) is 0 Å². The normalized spacial score (nSPS) is 14.8. The van der Waals surface area contributed by atoms with Gasteiger partial charge in [-0.2, -0.15) is 23.2 Å². The number of nitrogens with zero attached hydrogens (tertiary/aromatic N) is 3. The van der Waals surface area contributed by atoms with Crippen molar-refractivity contribution in [2.24, 2.45) is 0 Å². The van der Waals surface area contributed by atoms with Crippen LogP contribution in [0.25, 0.3) is 11.4 Å². The van der Waals surface area contributed by atoms with Gasteiger partial charge >= 0.3 is 24.1 Å². The average Bonchev–Trinajstić information content (AvgIpc) is 3.30. The molecule has 1 aromatic carbocycles. The summed E-state index contributed by atoms with van der Waals surface area (Å²) in [6.07, 6.45) is -3.76. The zero-order valence-corrected chi connectivity index (χ0v) is 16.2. The summed E-state index contributed by atoms with van der Waals surface area (Å²) in [6.45, 7) is 1.92. The largest absolute Gasteiger partial charge is 0.471 e. The Labute approximate surface area is 169 Å². The average molecular weight is 428 g/mol. The molecule has 3 rings (SSSR count). The lowest BCUT2D eigenvalue weighted by Gasteiger charge is -2.23. The fraction of sp³-hybridized carbons (Fsp3) is 0.444. The predicted molar refractivity (Wildman–Crippen MR) is 94.4 cm³/mol. The number of alkyl halides is 3. The molecular formula is C18H19F3N4O5. The summed E-state index contributed by atoms with van der Waals surface area (Å²) in [4.78, 5) is 32.9. The quantitative estimate of drug-likeness (QED) is 0.534. The first kappa shape index (κ1) is 21.6. The van der Waals surface area contributed by atoms with Crippen LogP contribution >= 0.6 is 0 Å². The van der Waals surface area contributed by atoms with Crippen molar-refractivity contribution in [1.82, 2.24) is 20.5 Å². The Morgan fingerprint density at radius 1 is 1.27 bits per heavy atom. The summed E-state index contributed by atoms with van der Waals surface area (Å²) in [7, 11) is 1.30. The van der Waals surface area contributed by atoms with Gasteiger partial charge in [-0.1, -0.05) is 29.4 Å². The summed E-state index contributed by atoms with van der Waals surface area (Å²) in [5.74, 6) is -2.13. The Morgan fingerprint density at radius 2 is 1.93 bits per heavy atom. The van der Waals surface area contributed by atoms with Crippen molar-refractivity contribution in [3.05, 3.63) is 35.7 Å². The van der Waals surface area contributed by atoms with E-state index in [0.717, 1.165) is 5.06 Å². The molecule has 0 spiro atoms. The Balaban J connectivity index is 1.64. The van der Waals surface area contributed by atoms with E-state index in [1.54, 1.807) is 19.1 Å². The van der Waals surface area contributed by atoms with Gasteiger partial charge in [-0.3, -0.25) is 4.84 Å². The van der Waals surface area contributed by atoms with Crippen molar-refractivity contribution < 1.29 is 36.9 Å². The fourth-order valence-electron chi connectivity index (χ4n) is 2.64. The van der Waals surface area contributed by atoms with Crippen molar-refractivity contribution >= 4 is 12.0 Å². The summed E-state index contributed by atoms with van der Waals surface area (Å²) in [6, 6.07) is 5.53. The molecule has 30 heavy (non-hydrogen) atoms. The second-order valence-electron chi connectivity index (χ2n) is 6.57. The number of rotatable bonds is 7. The summed E-state index contributed by atoms with van der Waals surface area (Å²) >= 11 is 0. The highest BCUT2D eigenvalue weighted by molar-refractivity contribution is 5.89. The topological polar surface area (TPSA) is 107 Å². The second kappa shape index (κ2) is 8.30. The molecular weight excluding hydrogens is 409 g/mol. The van der Waals surface area contributed by atoms with E-state index in [1.165, 1.54) is 19.2 Å². The molecule has 1 fully saturated rings. The molecule has 0 aliphatic heterocycles. The van der Waals surface area contributed by atoms with Gasteiger partial charge in [0.15, 0.2) is 0 Å². The number of carbonyl (C=O) groups excluding carboxylic acids is 2. The Kier molecular flexibility index (Phi) is 5.97. The van der Waals surface area contributed by atoms with E-state index in [0.29, 0.717) is 24.0 Å². The van der Waals surface area contributed by atoms with E-state index in [4.69, 9.17) is 9.57 Å². The Morgan fingerprint density at radius 3 is 2.43 bits per heavy atom. The van der Waals surface area contributed by atoms with Crippen LogP contribution in [0.4, 0.5) is 18.0 Å². The molecule has 0 bridgehead atoms. The minimum Gasteiger partial charge on any atom is -0.464 e. The SMILES string of the molecule is CCOC(=O)C1(NC(=O)N(Cc2ccc(-c3noc(C(F)(F)F)n3)cc2)OC)CC1. The summed E-state index contributed by atoms with van der Waals surface area (Å²) < 4.78 is 46.9. The number of carbonyl (C=O) groups is 2. The van der Waals surface area contributed by atoms with Crippen LogP contribution in [0.15, 0.2) is 28.8 Å². The third kappa shape index (κ3) is 4.70. The molecule has 1 heterocycles. The monoisotopic (exact) mass is 428 g/mol. The number of hydrogen-bond donors (Lipinski definition) is 1. The molecule has 1 saturated carbocycles. The number of hydroxylamine groups is 2. The molecule has 9 nitrogen and oxygen atoms in total. The van der Waals surface area contributed by atoms with E-state index >= 15 is 0 Å². The molecule has 162 valence electrons. The highest BCUT2D eigenvalue weighted by atomic mass is 19.4. The van der Waals surface area contributed by atoms with Crippen molar-refractivity contribution in [2.75, 3.05) is 13.7 Å². The lowest BCUT2D eigenvalue weighted by atomic mass is 10.1. The highest BCUT2D eigenvalue weighted by Crippen LogP contribution is 2.37. The standard InChI is InChI=1S/C18H19F3N4O5/c1-3-29-15(26)17(8-9-17)23-16(27)25(28-2)10-11-4-6-12(7-5-11)13-22-14(30-24-13)18(19,20)21/h4-7H,3,8-10H2,1-2H3,(H,23,27). The molecule has 0 atom stereocenters. The van der Waals surface area contributed by atoms with Gasteiger partial charge < -0.3 is 14.6 Å². The predicted octanol–water partition coefficient (Wildman–Crippen LogP) is 2.92. The van der Waals surface area contributed by atoms with Crippen LogP contribution in [-0.2, 0) is 27.1 Å². The Hall–Kier alpha value is -3.15. The van der Waals surface area contributed by atoms with Gasteiger partial charge in [-0.25, -0.2) is 9.59 Å². The van der Waals surface area contributed by atoms with Crippen molar-refractivity contribution in [3.8, 4) is 11.4 Å². The molecule has 0 radical (unpaired) electrons. The maximum Gasteiger partial charge on any atom is 0.471 e. The number of amides is 2. The van der Waals surface area contributed by atoms with Crippen LogP contribution in [0.5, 0.6) is 0 Å². The van der Waals surface area contributed by atoms with Gasteiger partial charge in [0, 0.05) is 5.56 Å². The molecule has 1 aliphatic carbocycles. The van der Waals surface area contributed by atoms with Crippen LogP contribution in [0.3, 0.4) is 0 Å². The van der Waals surface area contributed by atoms with E-state index < -0.39 is 29.6 Å². The van der Waals surface area contributed by atoms with Gasteiger partial charge in [0.25, 0.3) is 0 Å². The molecule has 1 N–H and O–H groups in total. The maximum absolute atomic E-state index is 12.6. The third-order valence-electron chi connectivity index (χ3n) is 4.42. The van der Waals surface area contributed by atoms with Gasteiger partial charge in [0.2, 0.25) is 5.82 Å². The number of nitrogens with one attached hydrogen (secondary N) is 1. The molecule has 2 aromatic rings. The number of urea groups is 1. The van der Waals surface area contributed by atoms with Gasteiger partial charge in [-0.05, 0) is 25.3 Å². The van der Waals surface area contributed by atoms with Crippen LogP contribution in [-0.4, -0.2) is 46.5 Å². The first-order valence-corrected chi connectivity index (χ1v) is 9.00. The van der Waals surface area contributed by atoms with E-state index in [-0.39, 0.29) is 19.0 Å². The number of ether oxygens (including phenoxy) is 1. The third-order valence-corrected chi connectivity index (χ3v) is 4.42. The van der Waals surface area contributed by atoms with E-state index in [9.17, 15) is 22.8 Å². The number of hydrogen-bond acceptors (Lipinski definition) is 7. The molecule has 0 saturated heterocycles. The minimum atomic E-state index is -4.72. The van der Waals surface area contributed by atoms with Gasteiger partial charge in [0.05, 0.1) is 20.3 Å². The van der Waals surface area contributed by atoms with Gasteiger partial charge in [0.1, 0.15) is 5.54 Å². The van der Waals surface area contributed by atoms with Crippen LogP contribution in [0.1, 0.15) is 31.2 Å². The summed E-state index contributed by atoms with van der Waals surface area (Å²) in [5.41, 5.74) is -0.0929. The maximum atomic E-state index is 12.6. The molecule has 2 amide bonds. The molecule has 1 aromatic heterocycles. The second-order valence-corrected chi connectivity index (χ2v) is 6.57. The first-order chi connectivity index (χ1) is 14.2. The number of benzene rings is 1. The summed E-state index contributed by atoms with van der Waals surface area (Å²) in [5, 5.41) is 6.96. The van der Waals surface area contributed by atoms with Crippen molar-refractivity contribution in [1.29, 1.82) is 0 Å². The molecule has 0 unspecified atom stereocenters. The zero-order valence-electron chi connectivity index (χ0n) is 16.2. The Bertz CT molecular complexity index is 909. The van der Waals surface area contributed by atoms with Gasteiger partial charge in [-0.15, -0.1) is 0 Å². The van der Waals surface area contributed by atoms with E-state index in [2.05, 4.69) is 20.0 Å². The number of halogens is 3. The smallest absolute Gasteiger partial charge is 0.464 e. The first-order valence-electron chi connectivity index (χ1n) is 9.00. The zero-order chi connectivity index (χ0) is 21.9. The highest BCUT2D eigenvalue weighted by Gasteiger charge is 2.53.